The molecule has 0 aromatic carbocycles. The maximum atomic E-state index is 10.9. The van der Waals surface area contributed by atoms with E-state index >= 15 is 0 Å². The number of rotatable bonds is 6. The molecular formula is C7H12ClO6P. The van der Waals surface area contributed by atoms with Crippen LogP contribution >= 0.6 is 19.4 Å². The average molecular weight is 259 g/mol. The van der Waals surface area contributed by atoms with Gasteiger partial charge in [-0.25, -0.2) is 9.36 Å². The number of hydrogen-bond donors (Lipinski definition) is 2. The molecule has 15 heavy (non-hydrogen) atoms. The largest absolute Gasteiger partial charge is 0.469 e. The first kappa shape index (κ1) is 14.6. The Bertz CT molecular complexity index is 285. The molecule has 0 aromatic heterocycles. The number of ether oxygens (including phenoxy) is 1. The second kappa shape index (κ2) is 6.25. The van der Waals surface area contributed by atoms with Gasteiger partial charge in [0.25, 0.3) is 0 Å². The topological polar surface area (TPSA) is 93.1 Å². The van der Waals surface area contributed by atoms with Crippen LogP contribution in [-0.4, -0.2) is 34.3 Å². The van der Waals surface area contributed by atoms with Gasteiger partial charge in [-0.1, -0.05) is 6.58 Å². The smallest absolute Gasteiger partial charge is 0.461 e. The quantitative estimate of drug-likeness (QED) is 0.317. The first-order valence-electron chi connectivity index (χ1n) is 3.89. The van der Waals surface area contributed by atoms with E-state index in [4.69, 9.17) is 21.4 Å². The lowest BCUT2D eigenvalue weighted by Crippen LogP contribution is -2.18. The van der Waals surface area contributed by atoms with E-state index in [-0.39, 0.29) is 12.2 Å². The normalized spacial score (nSPS) is 13.3. The molecule has 0 saturated carbocycles. The molecule has 0 rings (SSSR count). The molecule has 2 N–H and O–H groups in total. The number of alkyl halides is 1. The van der Waals surface area contributed by atoms with Crippen LogP contribution in [0.1, 0.15) is 6.92 Å². The van der Waals surface area contributed by atoms with Crippen molar-refractivity contribution in [2.45, 2.75) is 12.3 Å². The van der Waals surface area contributed by atoms with Gasteiger partial charge in [0.2, 0.25) is 0 Å². The van der Waals surface area contributed by atoms with Gasteiger partial charge in [0.15, 0.2) is 0 Å². The molecule has 0 heterocycles. The molecule has 88 valence electrons. The second-order valence-electron chi connectivity index (χ2n) is 2.76. The first-order valence-corrected chi connectivity index (χ1v) is 5.86. The maximum Gasteiger partial charge on any atom is 0.469 e. The molecule has 0 fully saturated rings. The van der Waals surface area contributed by atoms with Crippen molar-refractivity contribution in [1.29, 1.82) is 0 Å². The highest BCUT2D eigenvalue weighted by atomic mass is 35.5. The van der Waals surface area contributed by atoms with Gasteiger partial charge in [0, 0.05) is 5.57 Å². The van der Waals surface area contributed by atoms with Crippen LogP contribution in [0.25, 0.3) is 0 Å². The van der Waals surface area contributed by atoms with Gasteiger partial charge in [-0.15, -0.1) is 11.6 Å². The van der Waals surface area contributed by atoms with Crippen molar-refractivity contribution in [3.05, 3.63) is 12.2 Å². The van der Waals surface area contributed by atoms with Gasteiger partial charge >= 0.3 is 13.8 Å². The van der Waals surface area contributed by atoms with Gasteiger partial charge < -0.3 is 14.5 Å². The molecular weight excluding hydrogens is 246 g/mol. The number of phosphoric acid groups is 1. The SMILES string of the molecule is C=C(C)C(=O)OCC(Cl)COP(=O)(O)O. The van der Waals surface area contributed by atoms with Crippen LogP contribution in [0.5, 0.6) is 0 Å². The van der Waals surface area contributed by atoms with Crippen molar-refractivity contribution in [3.63, 3.8) is 0 Å². The molecule has 0 aromatic rings. The summed E-state index contributed by atoms with van der Waals surface area (Å²) in [6.07, 6.45) is 0. The lowest BCUT2D eigenvalue weighted by atomic mass is 10.4. The van der Waals surface area contributed by atoms with Crippen molar-refractivity contribution in [3.8, 4) is 0 Å². The fourth-order valence-electron chi connectivity index (χ4n) is 0.515. The zero-order chi connectivity index (χ0) is 12.1. The minimum absolute atomic E-state index is 0.201. The molecule has 0 radical (unpaired) electrons. The van der Waals surface area contributed by atoms with E-state index in [0.29, 0.717) is 0 Å². The summed E-state index contributed by atoms with van der Waals surface area (Å²) in [6, 6.07) is 0. The van der Waals surface area contributed by atoms with Crippen molar-refractivity contribution >= 4 is 25.4 Å². The van der Waals surface area contributed by atoms with Crippen LogP contribution < -0.4 is 0 Å². The van der Waals surface area contributed by atoms with E-state index < -0.39 is 25.8 Å². The third-order valence-corrected chi connectivity index (χ3v) is 1.90. The van der Waals surface area contributed by atoms with Gasteiger partial charge in [0.05, 0.1) is 12.0 Å². The Morgan fingerprint density at radius 2 is 2.07 bits per heavy atom. The van der Waals surface area contributed by atoms with E-state index in [2.05, 4.69) is 15.8 Å². The molecule has 1 atom stereocenters. The van der Waals surface area contributed by atoms with Crippen LogP contribution in [0.2, 0.25) is 0 Å². The van der Waals surface area contributed by atoms with Crippen molar-refractivity contribution in [2.75, 3.05) is 13.2 Å². The summed E-state index contributed by atoms with van der Waals surface area (Å²) in [4.78, 5) is 27.6. The van der Waals surface area contributed by atoms with E-state index in [1.807, 2.05) is 0 Å². The summed E-state index contributed by atoms with van der Waals surface area (Å²) >= 11 is 5.56. The Morgan fingerprint density at radius 1 is 1.53 bits per heavy atom. The Kier molecular flexibility index (Phi) is 6.09. The molecule has 0 amide bonds. The van der Waals surface area contributed by atoms with Crippen molar-refractivity contribution in [1.82, 2.24) is 0 Å². The lowest BCUT2D eigenvalue weighted by molar-refractivity contribution is -0.139. The third kappa shape index (κ3) is 8.59. The van der Waals surface area contributed by atoms with Crippen LogP contribution in [0.4, 0.5) is 0 Å². The van der Waals surface area contributed by atoms with Crippen LogP contribution in [-0.2, 0) is 18.6 Å². The summed E-state index contributed by atoms with van der Waals surface area (Å²) in [5, 5.41) is -0.819. The van der Waals surface area contributed by atoms with Crippen molar-refractivity contribution in [2.24, 2.45) is 0 Å². The Morgan fingerprint density at radius 3 is 2.47 bits per heavy atom. The Balaban J connectivity index is 3.76. The second-order valence-corrected chi connectivity index (χ2v) is 4.62. The fraction of sp³-hybridized carbons (Fsp3) is 0.571. The molecule has 0 spiro atoms. The van der Waals surface area contributed by atoms with Gasteiger partial charge in [-0.2, -0.15) is 0 Å². The van der Waals surface area contributed by atoms with E-state index in [0.717, 1.165) is 0 Å². The highest BCUT2D eigenvalue weighted by Gasteiger charge is 2.18. The molecule has 8 heteroatoms. The summed E-state index contributed by atoms with van der Waals surface area (Å²) < 4.78 is 19.0. The lowest BCUT2D eigenvalue weighted by Gasteiger charge is -2.11. The van der Waals surface area contributed by atoms with Crippen LogP contribution in [0, 0.1) is 0 Å². The van der Waals surface area contributed by atoms with Crippen LogP contribution in [0.15, 0.2) is 12.2 Å². The monoisotopic (exact) mass is 258 g/mol. The van der Waals surface area contributed by atoms with Crippen molar-refractivity contribution < 1.29 is 28.4 Å². The van der Waals surface area contributed by atoms with E-state index in [9.17, 15) is 9.36 Å². The molecule has 0 aliphatic rings. The van der Waals surface area contributed by atoms with E-state index in [1.54, 1.807) is 0 Å². The standard InChI is InChI=1S/C7H12ClO6P/c1-5(2)7(9)13-3-6(8)4-14-15(10,11)12/h6H,1,3-4H2,2H3,(H2,10,11,12). The number of phosphoric ester groups is 1. The fourth-order valence-corrected chi connectivity index (χ4v) is 1.10. The predicted octanol–water partition coefficient (Wildman–Crippen LogP) is 0.822. The Hall–Kier alpha value is -0.390. The molecule has 6 nitrogen and oxygen atoms in total. The average Bonchev–Trinajstić information content (AvgIpc) is 2.09. The molecule has 0 saturated heterocycles. The molecule has 1 unspecified atom stereocenters. The highest BCUT2D eigenvalue weighted by molar-refractivity contribution is 7.46. The molecule has 0 bridgehead atoms. The van der Waals surface area contributed by atoms with Gasteiger partial charge in [-0.3, -0.25) is 4.52 Å². The number of carbonyl (C=O) groups is 1. The number of carbonyl (C=O) groups excluding carboxylic acids is 1. The van der Waals surface area contributed by atoms with E-state index in [1.165, 1.54) is 6.92 Å². The summed E-state index contributed by atoms with van der Waals surface area (Å²) in [6.45, 7) is 4.21. The highest BCUT2D eigenvalue weighted by Crippen LogP contribution is 2.35. The third-order valence-electron chi connectivity index (χ3n) is 1.17. The molecule has 0 aliphatic carbocycles. The predicted molar refractivity (Wildman–Crippen MR) is 53.4 cm³/mol. The molecule has 0 aliphatic heterocycles. The summed E-state index contributed by atoms with van der Waals surface area (Å²) in [5.41, 5.74) is 0.217. The zero-order valence-electron chi connectivity index (χ0n) is 8.05. The summed E-state index contributed by atoms with van der Waals surface area (Å²) in [7, 11) is -4.53. The number of halogens is 1. The van der Waals surface area contributed by atoms with Crippen LogP contribution in [0.3, 0.4) is 0 Å². The van der Waals surface area contributed by atoms with Gasteiger partial charge in [0.1, 0.15) is 6.61 Å². The first-order chi connectivity index (χ1) is 6.72. The Labute approximate surface area is 92.1 Å². The maximum absolute atomic E-state index is 10.9. The summed E-state index contributed by atoms with van der Waals surface area (Å²) in [5.74, 6) is -0.614. The van der Waals surface area contributed by atoms with Gasteiger partial charge in [-0.05, 0) is 6.92 Å². The number of hydrogen-bond acceptors (Lipinski definition) is 4. The minimum Gasteiger partial charge on any atom is -0.461 e. The minimum atomic E-state index is -4.53. The zero-order valence-corrected chi connectivity index (χ0v) is 9.70. The number of esters is 1.